The van der Waals surface area contributed by atoms with Gasteiger partial charge in [0.05, 0.1) is 12.4 Å². The van der Waals surface area contributed by atoms with Crippen molar-refractivity contribution in [3.05, 3.63) is 192 Å². The van der Waals surface area contributed by atoms with Gasteiger partial charge >= 0.3 is 11.7 Å². The molecule has 1 atom stereocenters. The molecule has 4 heteroatoms. The molecule has 1 spiro atoms. The molecule has 62 heavy (non-hydrogen) atoms. The number of rotatable bonds is 4. The summed E-state index contributed by atoms with van der Waals surface area (Å²) < 4.78 is 58.0. The molecule has 0 amide bonds. The predicted molar refractivity (Wildman–Crippen MR) is 252 cm³/mol. The quantitative estimate of drug-likeness (QED) is 0.162. The summed E-state index contributed by atoms with van der Waals surface area (Å²) in [4.78, 5) is 0. The summed E-state index contributed by atoms with van der Waals surface area (Å²) in [6, 6.07) is 46.2. The fraction of sp³-hybridized carbons (Fsp3) is 0.172. The lowest BCUT2D eigenvalue weighted by atomic mass is 9.80. The topological polar surface area (TPSA) is 21.9 Å². The van der Waals surface area contributed by atoms with E-state index in [0.717, 1.165) is 84.1 Å². The van der Waals surface area contributed by atoms with Gasteiger partial charge in [-0.1, -0.05) is 145 Å². The van der Waals surface area contributed by atoms with Crippen LogP contribution in [0.25, 0.3) is 83.9 Å². The Kier molecular flexibility index (Phi) is 6.53. The molecule has 0 saturated carbocycles. The number of aryl methyl sites for hydroxylation is 1. The Hall–Kier alpha value is -7.04. The van der Waals surface area contributed by atoms with E-state index in [1.807, 2.05) is 24.4 Å². The number of nitrogens with zero attached hydrogens (tertiary/aromatic N) is 3. The number of fused-ring (bicyclic) bond motifs is 5. The van der Waals surface area contributed by atoms with Gasteiger partial charge in [0.2, 0.25) is 5.69 Å². The molecular formula is C58H49N3O+2. The third-order valence-corrected chi connectivity index (χ3v) is 13.3. The highest BCUT2D eigenvalue weighted by molar-refractivity contribution is 5.99. The molecule has 0 radical (unpaired) electrons. The Morgan fingerprint density at radius 2 is 1.26 bits per heavy atom. The highest BCUT2D eigenvalue weighted by atomic mass is 16.5. The number of imidazole rings is 1. The lowest BCUT2D eigenvalue weighted by Gasteiger charge is -2.33. The van der Waals surface area contributed by atoms with E-state index in [-0.39, 0.29) is 40.6 Å². The maximum Gasteiger partial charge on any atom is 0.499 e. The number of hydrogen-bond acceptors (Lipinski definition) is 1. The number of pyridine rings is 1. The van der Waals surface area contributed by atoms with Crippen molar-refractivity contribution in [2.75, 3.05) is 0 Å². The van der Waals surface area contributed by atoms with Gasteiger partial charge in [-0.25, -0.2) is 0 Å². The van der Waals surface area contributed by atoms with E-state index in [9.17, 15) is 0 Å². The number of ether oxygens (including phenoxy) is 1. The minimum atomic E-state index is -1.24. The molecule has 5 heterocycles. The predicted octanol–water partition coefficient (Wildman–Crippen LogP) is 13.3. The minimum absolute atomic E-state index is 0.0400. The second-order valence-electron chi connectivity index (χ2n) is 19.1. The Morgan fingerprint density at radius 3 is 2.02 bits per heavy atom. The van der Waals surface area contributed by atoms with Crippen LogP contribution in [0.4, 0.5) is 0 Å². The van der Waals surface area contributed by atoms with Gasteiger partial charge in [-0.2, -0.15) is 4.57 Å². The van der Waals surface area contributed by atoms with Gasteiger partial charge in [0.15, 0.2) is 17.2 Å². The average molecular weight is 809 g/mol. The minimum Gasteiger partial charge on any atom is -0.392 e. The third-order valence-electron chi connectivity index (χ3n) is 13.3. The monoisotopic (exact) mass is 808 g/mol. The summed E-state index contributed by atoms with van der Waals surface area (Å²) in [5.74, 6) is 0.456. The summed E-state index contributed by atoms with van der Waals surface area (Å²) >= 11 is 0. The van der Waals surface area contributed by atoms with Crippen molar-refractivity contribution in [1.82, 2.24) is 4.57 Å². The molecule has 9 aromatic rings. The van der Waals surface area contributed by atoms with E-state index in [1.54, 1.807) is 0 Å². The molecule has 0 bridgehead atoms. The van der Waals surface area contributed by atoms with E-state index < -0.39 is 11.9 Å². The smallest absolute Gasteiger partial charge is 0.392 e. The number of benzene rings is 7. The van der Waals surface area contributed by atoms with E-state index >= 15 is 0 Å². The zero-order valence-corrected chi connectivity index (χ0v) is 36.0. The van der Waals surface area contributed by atoms with E-state index in [2.05, 4.69) is 177 Å². The first-order chi connectivity index (χ1) is 32.0. The number of para-hydroxylation sites is 2. The number of hydrogen-bond donors (Lipinski definition) is 0. The summed E-state index contributed by atoms with van der Waals surface area (Å²) in [5.41, 5.74) is 17.6. The fourth-order valence-electron chi connectivity index (χ4n) is 10.2. The molecular weight excluding hydrogens is 755 g/mol. The van der Waals surface area contributed by atoms with Gasteiger partial charge in [-0.05, 0) is 111 Å². The molecule has 300 valence electrons. The highest BCUT2D eigenvalue weighted by Gasteiger charge is 2.68. The van der Waals surface area contributed by atoms with Crippen LogP contribution in [0.3, 0.4) is 0 Å². The maximum atomic E-state index is 8.97. The molecule has 7 aromatic carbocycles. The van der Waals surface area contributed by atoms with Crippen LogP contribution in [0.1, 0.15) is 70.7 Å². The Labute approximate surface area is 371 Å². The fourth-order valence-corrected chi connectivity index (χ4v) is 10.2. The molecule has 2 aromatic heterocycles. The first-order valence-corrected chi connectivity index (χ1v) is 21.5. The van der Waals surface area contributed by atoms with Crippen LogP contribution < -0.4 is 13.9 Å². The second kappa shape index (κ2) is 12.7. The van der Waals surface area contributed by atoms with Gasteiger partial charge in [0.25, 0.3) is 0 Å². The van der Waals surface area contributed by atoms with Crippen molar-refractivity contribution in [2.45, 2.75) is 65.1 Å². The molecule has 1 unspecified atom stereocenters. The van der Waals surface area contributed by atoms with Crippen LogP contribution in [0.15, 0.2) is 170 Å². The van der Waals surface area contributed by atoms with Crippen LogP contribution in [0.2, 0.25) is 0 Å². The molecule has 0 N–H and O–H groups in total. The summed E-state index contributed by atoms with van der Waals surface area (Å²) in [5, 5.41) is 0. The second-order valence-corrected chi connectivity index (χ2v) is 19.1. The molecule has 3 aliphatic rings. The normalized spacial score (nSPS) is 16.7. The van der Waals surface area contributed by atoms with Crippen molar-refractivity contribution in [1.29, 1.82) is 0 Å². The highest BCUT2D eigenvalue weighted by Crippen LogP contribution is 2.54. The third kappa shape index (κ3) is 5.07. The van der Waals surface area contributed by atoms with Crippen molar-refractivity contribution in [2.24, 2.45) is 0 Å². The molecule has 4 nitrogen and oxygen atoms in total. The average Bonchev–Trinajstić information content (AvgIpc) is 3.81. The molecule has 0 fully saturated rings. The van der Waals surface area contributed by atoms with Gasteiger partial charge in [0.1, 0.15) is 22.6 Å². The van der Waals surface area contributed by atoms with Crippen LogP contribution in [0, 0.1) is 6.92 Å². The van der Waals surface area contributed by atoms with Gasteiger partial charge in [-0.15, -0.1) is 9.13 Å². The summed E-state index contributed by atoms with van der Waals surface area (Å²) in [6.45, 7) is 15.6. The summed E-state index contributed by atoms with van der Waals surface area (Å²) in [7, 11) is 0. The van der Waals surface area contributed by atoms with Gasteiger partial charge in [-0.3, -0.25) is 0 Å². The van der Waals surface area contributed by atoms with Crippen LogP contribution in [-0.4, -0.2) is 4.57 Å². The van der Waals surface area contributed by atoms with Crippen LogP contribution >= 0.6 is 0 Å². The summed E-state index contributed by atoms with van der Waals surface area (Å²) in [6.07, 6.45) is 1.98. The Morgan fingerprint density at radius 1 is 0.565 bits per heavy atom. The van der Waals surface area contributed by atoms with Crippen molar-refractivity contribution in [3.8, 4) is 78.6 Å². The zero-order valence-electron chi connectivity index (χ0n) is 41.0. The Bertz CT molecular complexity index is 3610. The lowest BCUT2D eigenvalue weighted by molar-refractivity contribution is -0.997. The molecule has 3 aliphatic heterocycles. The lowest BCUT2D eigenvalue weighted by Crippen LogP contribution is -2.78. The first kappa shape index (κ1) is 31.8. The zero-order chi connectivity index (χ0) is 46.6. The molecule has 0 saturated heterocycles. The molecule has 12 rings (SSSR count). The standard InChI is InChI=1S/C58H49N3O/c1-36-31-51(46(38-19-12-9-13-20-38)35-45(36)39-25-27-41(28-26-39)56(2,3)4)60-49-23-16-22-43-47-33-42(57(5,6)7)34-48-50-32-40(37-17-10-8-11-18-37)29-30-59(50)58(53(47)48)61(54(43)49)55(60)44-21-14-15-24-52(44)62-58/h8-35H,1-7H3/q+2/i8D,10D,11D,17D,18D. The van der Waals surface area contributed by atoms with Crippen molar-refractivity contribution >= 4 is 11.0 Å². The number of aromatic nitrogens is 3. The Balaban J connectivity index is 1.21. The van der Waals surface area contributed by atoms with Crippen molar-refractivity contribution in [3.63, 3.8) is 0 Å². The van der Waals surface area contributed by atoms with E-state index in [0.29, 0.717) is 5.56 Å². The maximum absolute atomic E-state index is 8.97. The van der Waals surface area contributed by atoms with E-state index in [1.165, 1.54) is 16.7 Å². The molecule has 0 aliphatic carbocycles. The van der Waals surface area contributed by atoms with Crippen molar-refractivity contribution < 1.29 is 20.7 Å². The SMILES string of the molecule is [2H]c1c([2H])c([2H])c(-c2cc[n+]3c(c2)-c2cc(C(C)(C)C)cc4c2C32Oc3ccccc3-c3n(-c5cc(C)c(-c6ccc(C(C)(C)C)cc6)cc5-c5ccccc5)c5cccc-4c5[n+]32)c([2H])c1[2H]. The van der Waals surface area contributed by atoms with Crippen LogP contribution in [-0.2, 0) is 16.7 Å². The van der Waals surface area contributed by atoms with Gasteiger partial charge in [0, 0.05) is 28.8 Å². The van der Waals surface area contributed by atoms with Gasteiger partial charge < -0.3 is 4.74 Å². The van der Waals surface area contributed by atoms with E-state index in [4.69, 9.17) is 11.6 Å². The largest absolute Gasteiger partial charge is 0.499 e. The first-order valence-electron chi connectivity index (χ1n) is 24.0. The van der Waals surface area contributed by atoms with Crippen LogP contribution in [0.5, 0.6) is 5.75 Å².